The number of ether oxygens (including phenoxy) is 3. The molecular weight excluding hydrogens is 394 g/mol. The lowest BCUT2D eigenvalue weighted by Crippen LogP contribution is -2.37. The third-order valence-corrected chi connectivity index (χ3v) is 5.94. The Kier molecular flexibility index (Phi) is 6.42. The van der Waals surface area contributed by atoms with Crippen molar-refractivity contribution < 1.29 is 19.0 Å². The number of hydrazone groups is 1. The monoisotopic (exact) mass is 423 g/mol. The van der Waals surface area contributed by atoms with Gasteiger partial charge in [0.1, 0.15) is 17.2 Å². The van der Waals surface area contributed by atoms with E-state index in [9.17, 15) is 4.79 Å². The molecule has 2 aliphatic heterocycles. The molecule has 31 heavy (non-hydrogen) atoms. The number of methoxy groups -OCH3 is 3. The van der Waals surface area contributed by atoms with Gasteiger partial charge in [0.15, 0.2) is 0 Å². The van der Waals surface area contributed by atoms with Crippen molar-refractivity contribution in [2.45, 2.75) is 25.3 Å². The smallest absolute Gasteiger partial charge is 0.257 e. The number of benzene rings is 2. The molecule has 1 unspecified atom stereocenters. The van der Waals surface area contributed by atoms with Gasteiger partial charge < -0.3 is 14.2 Å². The number of hydrogen-bond donors (Lipinski definition) is 0. The van der Waals surface area contributed by atoms with E-state index in [2.05, 4.69) is 4.90 Å². The topological polar surface area (TPSA) is 63.6 Å². The predicted octanol–water partition coefficient (Wildman–Crippen LogP) is 3.49. The van der Waals surface area contributed by atoms with E-state index in [0.29, 0.717) is 24.5 Å². The molecule has 2 aromatic rings. The Bertz CT molecular complexity index is 969. The van der Waals surface area contributed by atoms with Crippen molar-refractivity contribution >= 4 is 11.6 Å². The average Bonchev–Trinajstić information content (AvgIpc) is 3.48. The first-order valence-corrected chi connectivity index (χ1v) is 10.6. The molecule has 0 N–H and O–H groups in total. The molecule has 0 aliphatic carbocycles. The minimum atomic E-state index is -0.278. The number of likely N-dealkylation sites (tertiary alicyclic amines) is 1. The van der Waals surface area contributed by atoms with Crippen LogP contribution in [0.1, 0.15) is 36.4 Å². The van der Waals surface area contributed by atoms with E-state index in [4.69, 9.17) is 19.3 Å². The van der Waals surface area contributed by atoms with Gasteiger partial charge in [-0.3, -0.25) is 9.69 Å². The van der Waals surface area contributed by atoms with Crippen LogP contribution in [0.15, 0.2) is 47.6 Å². The number of carbonyl (C=O) groups excluding carboxylic acids is 1. The molecule has 1 saturated heterocycles. The zero-order chi connectivity index (χ0) is 21.8. The summed E-state index contributed by atoms with van der Waals surface area (Å²) < 4.78 is 16.6. The highest BCUT2D eigenvalue weighted by atomic mass is 16.5. The molecule has 0 saturated carbocycles. The molecule has 0 aromatic heterocycles. The minimum absolute atomic E-state index is 0.0123. The Balaban J connectivity index is 1.72. The number of nitrogens with zero attached hydrogens (tertiary/aromatic N) is 3. The molecule has 0 radical (unpaired) electrons. The lowest BCUT2D eigenvalue weighted by atomic mass is 9.97. The first-order valence-electron chi connectivity index (χ1n) is 10.6. The average molecular weight is 424 g/mol. The predicted molar refractivity (Wildman–Crippen MR) is 119 cm³/mol. The number of para-hydroxylation sites is 1. The van der Waals surface area contributed by atoms with Gasteiger partial charge in [-0.15, -0.1) is 0 Å². The van der Waals surface area contributed by atoms with E-state index in [-0.39, 0.29) is 11.9 Å². The maximum Gasteiger partial charge on any atom is 0.257 e. The van der Waals surface area contributed by atoms with Crippen molar-refractivity contribution in [3.8, 4) is 17.2 Å². The Morgan fingerprint density at radius 1 is 1.00 bits per heavy atom. The third kappa shape index (κ3) is 4.37. The van der Waals surface area contributed by atoms with E-state index in [0.717, 1.165) is 48.5 Å². The van der Waals surface area contributed by atoms with Crippen LogP contribution in [0, 0.1) is 0 Å². The summed E-state index contributed by atoms with van der Waals surface area (Å²) in [4.78, 5) is 15.5. The van der Waals surface area contributed by atoms with Crippen molar-refractivity contribution in [3.05, 3.63) is 53.6 Å². The van der Waals surface area contributed by atoms with Gasteiger partial charge in [0.2, 0.25) is 0 Å². The highest BCUT2D eigenvalue weighted by Crippen LogP contribution is 2.40. The molecule has 7 nitrogen and oxygen atoms in total. The van der Waals surface area contributed by atoms with Crippen LogP contribution in [0.5, 0.6) is 17.2 Å². The summed E-state index contributed by atoms with van der Waals surface area (Å²) in [6.07, 6.45) is 2.84. The Morgan fingerprint density at radius 2 is 1.74 bits per heavy atom. The standard InChI is InChI=1S/C24H29N3O4/c1-29-17-10-11-23(31-3)19(14-17)21-15-20(18-8-4-5-9-22(18)30-2)25-27(21)24(28)16-26-12-6-7-13-26/h4-5,8-11,14,21H,6-7,12-13,15-16H2,1-3H3. The zero-order valence-corrected chi connectivity index (χ0v) is 18.3. The molecule has 0 bridgehead atoms. The summed E-state index contributed by atoms with van der Waals surface area (Å²) in [5, 5.41) is 6.42. The number of carbonyl (C=O) groups is 1. The molecule has 1 atom stereocenters. The Hall–Kier alpha value is -3.06. The van der Waals surface area contributed by atoms with E-state index >= 15 is 0 Å². The van der Waals surface area contributed by atoms with Crippen molar-refractivity contribution in [1.29, 1.82) is 0 Å². The molecule has 2 aromatic carbocycles. The summed E-state index contributed by atoms with van der Waals surface area (Å²) in [7, 11) is 4.92. The minimum Gasteiger partial charge on any atom is -0.497 e. The lowest BCUT2D eigenvalue weighted by Gasteiger charge is -2.26. The fraction of sp³-hybridized carbons (Fsp3) is 0.417. The van der Waals surface area contributed by atoms with Crippen molar-refractivity contribution in [2.24, 2.45) is 5.10 Å². The van der Waals surface area contributed by atoms with Crippen LogP contribution in [0.25, 0.3) is 0 Å². The van der Waals surface area contributed by atoms with Gasteiger partial charge >= 0.3 is 0 Å². The highest BCUT2D eigenvalue weighted by Gasteiger charge is 2.36. The van der Waals surface area contributed by atoms with Gasteiger partial charge in [-0.1, -0.05) is 12.1 Å². The second kappa shape index (κ2) is 9.39. The first kappa shape index (κ1) is 21.2. The van der Waals surface area contributed by atoms with Crippen LogP contribution in [0.3, 0.4) is 0 Å². The fourth-order valence-electron chi connectivity index (χ4n) is 4.33. The van der Waals surface area contributed by atoms with E-state index in [1.54, 1.807) is 26.3 Å². The van der Waals surface area contributed by atoms with E-state index in [1.165, 1.54) is 0 Å². The fourth-order valence-corrected chi connectivity index (χ4v) is 4.33. The number of hydrogen-bond acceptors (Lipinski definition) is 6. The van der Waals surface area contributed by atoms with Crippen LogP contribution in [-0.4, -0.2) is 62.5 Å². The lowest BCUT2D eigenvalue weighted by molar-refractivity contribution is -0.134. The van der Waals surface area contributed by atoms with E-state index < -0.39 is 0 Å². The first-order chi connectivity index (χ1) is 15.1. The summed E-state index contributed by atoms with van der Waals surface area (Å²) in [5.74, 6) is 2.16. The third-order valence-electron chi connectivity index (χ3n) is 5.94. The summed E-state index contributed by atoms with van der Waals surface area (Å²) >= 11 is 0. The second-order valence-electron chi connectivity index (χ2n) is 7.80. The van der Waals surface area contributed by atoms with Crippen molar-refractivity contribution in [2.75, 3.05) is 41.0 Å². The van der Waals surface area contributed by atoms with Gasteiger partial charge in [0.25, 0.3) is 5.91 Å². The van der Waals surface area contributed by atoms with Crippen LogP contribution >= 0.6 is 0 Å². The number of rotatable bonds is 7. The van der Waals surface area contributed by atoms with Gasteiger partial charge in [0.05, 0.1) is 39.6 Å². The molecule has 7 heteroatoms. The van der Waals surface area contributed by atoms with Crippen molar-refractivity contribution in [3.63, 3.8) is 0 Å². The van der Waals surface area contributed by atoms with Gasteiger partial charge in [-0.2, -0.15) is 5.10 Å². The number of amides is 1. The molecular formula is C24H29N3O4. The molecule has 164 valence electrons. The Labute approximate surface area is 183 Å². The quantitative estimate of drug-likeness (QED) is 0.682. The maximum absolute atomic E-state index is 13.3. The molecule has 0 spiro atoms. The second-order valence-corrected chi connectivity index (χ2v) is 7.80. The van der Waals surface area contributed by atoms with Gasteiger partial charge in [-0.05, 0) is 56.3 Å². The summed E-state index contributed by atoms with van der Waals surface area (Å²) in [6, 6.07) is 13.2. The van der Waals surface area contributed by atoms with Gasteiger partial charge in [-0.25, -0.2) is 5.01 Å². The summed E-state index contributed by atoms with van der Waals surface area (Å²) in [5.41, 5.74) is 2.60. The maximum atomic E-state index is 13.3. The highest BCUT2D eigenvalue weighted by molar-refractivity contribution is 6.05. The van der Waals surface area contributed by atoms with Crippen molar-refractivity contribution in [1.82, 2.24) is 9.91 Å². The largest absolute Gasteiger partial charge is 0.497 e. The van der Waals surface area contributed by atoms with Crippen LogP contribution in [-0.2, 0) is 4.79 Å². The van der Waals surface area contributed by atoms with E-state index in [1.807, 2.05) is 42.5 Å². The van der Waals surface area contributed by atoms with Gasteiger partial charge in [0, 0.05) is 17.5 Å². The molecule has 1 fully saturated rings. The van der Waals surface area contributed by atoms with Crippen LogP contribution in [0.4, 0.5) is 0 Å². The normalized spacial score (nSPS) is 18.7. The summed E-state index contributed by atoms with van der Waals surface area (Å²) in [6.45, 7) is 2.27. The Morgan fingerprint density at radius 3 is 2.45 bits per heavy atom. The molecule has 2 heterocycles. The van der Waals surface area contributed by atoms with Crippen LogP contribution in [0.2, 0.25) is 0 Å². The molecule has 2 aliphatic rings. The van der Waals surface area contributed by atoms with Crippen LogP contribution < -0.4 is 14.2 Å². The SMILES string of the molecule is COc1ccc(OC)c(C2CC(c3ccccc3OC)=NN2C(=O)CN2CCCC2)c1. The molecule has 1 amide bonds. The molecule has 4 rings (SSSR count). The zero-order valence-electron chi connectivity index (χ0n) is 18.3.